The van der Waals surface area contributed by atoms with Gasteiger partial charge in [-0.05, 0) is 0 Å². The summed E-state index contributed by atoms with van der Waals surface area (Å²) in [5.41, 5.74) is 0. The van der Waals surface area contributed by atoms with Crippen LogP contribution in [0.1, 0.15) is 0 Å². The van der Waals surface area contributed by atoms with E-state index in [1.165, 1.54) is 0 Å². The number of halogens is 3. The molecule has 0 saturated heterocycles. The molecule has 0 amide bonds. The van der Waals surface area contributed by atoms with Gasteiger partial charge in [-0.25, -0.2) is 0 Å². The van der Waals surface area contributed by atoms with Gasteiger partial charge in [0.15, 0.2) is 0 Å². The van der Waals surface area contributed by atoms with Crippen LogP contribution in [0, 0.1) is 0 Å². The summed E-state index contributed by atoms with van der Waals surface area (Å²) in [5.74, 6) is 0. The van der Waals surface area contributed by atoms with E-state index in [0.29, 0.717) is 3.91 Å². The van der Waals surface area contributed by atoms with Gasteiger partial charge in [0.1, 0.15) is 0 Å². The third-order valence-corrected chi connectivity index (χ3v) is 5.55. The van der Waals surface area contributed by atoms with Crippen molar-refractivity contribution in [1.82, 2.24) is 4.98 Å². The molecule has 0 N–H and O–H groups in total. The molecule has 1 nitrogen and oxygen atoms in total. The maximum absolute atomic E-state index is 5.70. The normalized spacial score (nSPS) is 13.1. The van der Waals surface area contributed by atoms with E-state index in [2.05, 4.69) is 4.98 Å². The van der Waals surface area contributed by atoms with Gasteiger partial charge >= 0.3 is 74.7 Å². The van der Waals surface area contributed by atoms with Crippen molar-refractivity contribution in [2.45, 2.75) is 0 Å². The van der Waals surface area contributed by atoms with Crippen LogP contribution in [0.15, 0.2) is 24.4 Å². The molecule has 1 heterocycles. The Bertz CT molecular complexity index is 208. The zero-order valence-corrected chi connectivity index (χ0v) is 9.13. The topological polar surface area (TPSA) is 12.9 Å². The van der Waals surface area contributed by atoms with Crippen LogP contribution in [0.2, 0.25) is 0 Å². The molecule has 1 aromatic heterocycles. The first kappa shape index (κ1) is 8.85. The molecule has 0 radical (unpaired) electrons. The van der Waals surface area contributed by atoms with Crippen molar-refractivity contribution < 1.29 is 13.9 Å². The van der Waals surface area contributed by atoms with Crippen LogP contribution >= 0.6 is 27.6 Å². The van der Waals surface area contributed by atoms with E-state index in [9.17, 15) is 0 Å². The molecule has 10 heavy (non-hydrogen) atoms. The molecule has 0 aliphatic heterocycles. The standard InChI is InChI=1S/C5H4N.Au.3ClH/c1-2-4-6-5-3-1;;;;/h1-4H;;3*1H/q;+3;;;/p-3. The van der Waals surface area contributed by atoms with E-state index in [4.69, 9.17) is 27.6 Å². The number of pyridine rings is 1. The van der Waals surface area contributed by atoms with Gasteiger partial charge in [-0.15, -0.1) is 0 Å². The first-order chi connectivity index (χ1) is 4.61. The number of nitrogens with zero attached hydrogens (tertiary/aromatic N) is 1. The van der Waals surface area contributed by atoms with E-state index in [0.717, 1.165) is 0 Å². The summed E-state index contributed by atoms with van der Waals surface area (Å²) in [6, 6.07) is 5.34. The van der Waals surface area contributed by atoms with Crippen molar-refractivity contribution in [3.63, 3.8) is 0 Å². The predicted molar refractivity (Wildman–Crippen MR) is 41.4 cm³/mol. The fourth-order valence-electron chi connectivity index (χ4n) is 0.430. The van der Waals surface area contributed by atoms with Crippen LogP contribution in [0.3, 0.4) is 0 Å². The summed E-state index contributed by atoms with van der Waals surface area (Å²) in [6.07, 6.45) is 1.62. The summed E-state index contributed by atoms with van der Waals surface area (Å²) in [6.45, 7) is 0. The third-order valence-electron chi connectivity index (χ3n) is 0.781. The molecule has 0 atom stereocenters. The molecule has 0 aromatic carbocycles. The minimum atomic E-state index is -3.06. The average Bonchev–Trinajstić information content (AvgIpc) is 1.88. The van der Waals surface area contributed by atoms with Gasteiger partial charge in [0.25, 0.3) is 0 Å². The second-order valence-corrected chi connectivity index (χ2v) is 15.9. The monoisotopic (exact) mass is 380 g/mol. The predicted octanol–water partition coefficient (Wildman–Crippen LogP) is 2.32. The average molecular weight is 381 g/mol. The molecule has 5 heteroatoms. The Morgan fingerprint density at radius 2 is 1.90 bits per heavy atom. The molecule has 0 aliphatic carbocycles. The molecular weight excluding hydrogens is 377 g/mol. The number of aromatic nitrogens is 1. The van der Waals surface area contributed by atoms with E-state index in [-0.39, 0.29) is 0 Å². The first-order valence-electron chi connectivity index (χ1n) is 2.26. The summed E-state index contributed by atoms with van der Waals surface area (Å²) >= 11 is -3.06. The van der Waals surface area contributed by atoms with Crippen molar-refractivity contribution in [1.29, 1.82) is 0 Å². The van der Waals surface area contributed by atoms with Crippen molar-refractivity contribution in [2.24, 2.45) is 0 Å². The van der Waals surface area contributed by atoms with Crippen LogP contribution in [0.5, 0.6) is 0 Å². The first-order valence-corrected chi connectivity index (χ1v) is 11.4. The number of hydrogen-bond acceptors (Lipinski definition) is 1. The summed E-state index contributed by atoms with van der Waals surface area (Å²) in [4.78, 5) is 3.93. The van der Waals surface area contributed by atoms with Gasteiger partial charge in [0, 0.05) is 0 Å². The molecular formula is C5H4AuCl3N. The van der Waals surface area contributed by atoms with Crippen LogP contribution in [0.25, 0.3) is 0 Å². The molecule has 1 aromatic rings. The second-order valence-electron chi connectivity index (χ2n) is 1.41. The Labute approximate surface area is 74.3 Å². The van der Waals surface area contributed by atoms with Crippen molar-refractivity contribution in [3.05, 3.63) is 24.4 Å². The van der Waals surface area contributed by atoms with Crippen LogP contribution < -0.4 is 3.91 Å². The van der Waals surface area contributed by atoms with E-state index < -0.39 is 13.9 Å². The molecule has 0 unspecified atom stereocenters. The van der Waals surface area contributed by atoms with Crippen LogP contribution in [0.4, 0.5) is 0 Å². The quantitative estimate of drug-likeness (QED) is 0.681. The SMILES string of the molecule is [Cl][Au]([Cl])([Cl])[c]1ccccn1. The van der Waals surface area contributed by atoms with Gasteiger partial charge < -0.3 is 0 Å². The van der Waals surface area contributed by atoms with Gasteiger partial charge in [0.05, 0.1) is 0 Å². The Kier molecular flexibility index (Phi) is 3.04. The second kappa shape index (κ2) is 3.44. The third kappa shape index (κ3) is 2.42. The van der Waals surface area contributed by atoms with Gasteiger partial charge in [-0.3, -0.25) is 0 Å². The summed E-state index contributed by atoms with van der Waals surface area (Å²) < 4.78 is 0.618. The van der Waals surface area contributed by atoms with Gasteiger partial charge in [-0.2, -0.15) is 0 Å². The van der Waals surface area contributed by atoms with Crippen molar-refractivity contribution in [2.75, 3.05) is 0 Å². The molecule has 0 aliphatic rings. The zero-order chi connectivity index (χ0) is 7.61. The van der Waals surface area contributed by atoms with E-state index in [1.807, 2.05) is 6.07 Å². The summed E-state index contributed by atoms with van der Waals surface area (Å²) in [5, 5.41) is 0. The number of rotatable bonds is 1. The Morgan fingerprint density at radius 1 is 1.20 bits per heavy atom. The molecule has 0 fully saturated rings. The van der Waals surface area contributed by atoms with E-state index in [1.54, 1.807) is 18.3 Å². The van der Waals surface area contributed by atoms with Crippen molar-refractivity contribution in [3.8, 4) is 0 Å². The minimum absolute atomic E-state index is 0.618. The zero-order valence-electron chi connectivity index (χ0n) is 4.69. The van der Waals surface area contributed by atoms with Gasteiger partial charge in [0.2, 0.25) is 0 Å². The molecule has 1 rings (SSSR count). The maximum atomic E-state index is 5.70. The molecule has 0 spiro atoms. The molecule has 0 saturated carbocycles. The van der Waals surface area contributed by atoms with Crippen LogP contribution in [-0.4, -0.2) is 4.98 Å². The number of hydrogen-bond donors (Lipinski definition) is 0. The Hall–Kier alpha value is 0.760. The fraction of sp³-hybridized carbons (Fsp3) is 0. The van der Waals surface area contributed by atoms with Crippen molar-refractivity contribution >= 4 is 31.5 Å². The van der Waals surface area contributed by atoms with Crippen LogP contribution in [-0.2, 0) is 13.9 Å². The van der Waals surface area contributed by atoms with E-state index >= 15 is 0 Å². The Morgan fingerprint density at radius 3 is 2.20 bits per heavy atom. The van der Waals surface area contributed by atoms with Gasteiger partial charge in [-0.1, -0.05) is 0 Å². The summed E-state index contributed by atoms with van der Waals surface area (Å²) in [7, 11) is 17.1. The molecule has 61 valence electrons. The fourth-order valence-corrected chi connectivity index (χ4v) is 3.18. The molecule has 0 bridgehead atoms. The Balaban J connectivity index is 2.97.